The Morgan fingerprint density at radius 1 is 1.27 bits per heavy atom. The van der Waals surface area contributed by atoms with Gasteiger partial charge in [-0.15, -0.1) is 5.14 Å². The number of halogens is 4. The Kier molecular flexibility index (Phi) is 2.99. The predicted octanol–water partition coefficient (Wildman–Crippen LogP) is 2.33. The second kappa shape index (κ2) is 3.66. The van der Waals surface area contributed by atoms with Crippen LogP contribution in [0.15, 0.2) is 23.1 Å². The van der Waals surface area contributed by atoms with E-state index in [1.54, 1.807) is 0 Å². The topological polar surface area (TPSA) is 57.9 Å². The molecule has 0 unspecified atom stereocenters. The normalized spacial score (nSPS) is 12.9. The molecule has 0 aliphatic heterocycles. The molecule has 0 spiro atoms. The van der Waals surface area contributed by atoms with Crippen molar-refractivity contribution in [2.45, 2.75) is 11.1 Å². The Balaban J connectivity index is 3.34. The summed E-state index contributed by atoms with van der Waals surface area (Å²) in [6.45, 7) is 0. The smallest absolute Gasteiger partial charge is 0.206 e. The van der Waals surface area contributed by atoms with Gasteiger partial charge in [-0.2, -0.15) is 13.2 Å². The van der Waals surface area contributed by atoms with E-state index in [1.165, 1.54) is 0 Å². The van der Waals surface area contributed by atoms with E-state index in [4.69, 9.17) is 16.7 Å². The van der Waals surface area contributed by atoms with Crippen LogP contribution in [0.5, 0.6) is 0 Å². The lowest BCUT2D eigenvalue weighted by Crippen LogP contribution is -2.07. The van der Waals surface area contributed by atoms with Crippen LogP contribution in [-0.4, -0.2) is 8.42 Å². The zero-order valence-electron chi connectivity index (χ0n) is 6.97. The van der Waals surface area contributed by atoms with Gasteiger partial charge >= 0.3 is 6.18 Å². The van der Waals surface area contributed by atoms with Crippen molar-refractivity contribution in [3.63, 3.8) is 0 Å². The first-order valence-corrected chi connectivity index (χ1v) is 5.35. The maximum atomic E-state index is 12.1. The molecule has 0 saturated carbocycles. The zero-order chi connectivity index (χ0) is 11.9. The first-order valence-electron chi connectivity index (χ1n) is 3.49. The highest BCUT2D eigenvalue weighted by Crippen LogP contribution is 2.33. The molecule has 0 atom stereocenters. The number of rotatable bonds is 1. The van der Waals surface area contributed by atoms with E-state index in [-0.39, 0.29) is 0 Å². The van der Waals surface area contributed by atoms with Gasteiger partial charge in [0.2, 0.25) is 0 Å². The maximum absolute atomic E-state index is 12.1. The highest BCUT2D eigenvalue weighted by Gasteiger charge is 2.31. The van der Waals surface area contributed by atoms with Crippen molar-refractivity contribution in [2.24, 2.45) is 0 Å². The molecule has 15 heavy (non-hydrogen) atoms. The second-order valence-corrected chi connectivity index (χ2v) is 4.50. The molecule has 1 rings (SSSR count). The molecule has 1 N–H and O–H groups in total. The minimum absolute atomic E-state index is 0.475. The summed E-state index contributed by atoms with van der Waals surface area (Å²) in [6, 6.07) is 1.70. The van der Waals surface area contributed by atoms with Crippen molar-refractivity contribution in [3.05, 3.63) is 28.8 Å². The summed E-state index contributed by atoms with van der Waals surface area (Å²) in [5.74, 6) is 0. The number of alkyl halides is 3. The molecule has 83 valence electrons. The van der Waals surface area contributed by atoms with Crippen molar-refractivity contribution < 1.29 is 21.6 Å². The average molecular weight is 259 g/mol. The van der Waals surface area contributed by atoms with E-state index in [9.17, 15) is 21.6 Å². The van der Waals surface area contributed by atoms with E-state index >= 15 is 0 Å². The van der Waals surface area contributed by atoms with Crippen LogP contribution in [0, 0.1) is 0 Å². The predicted molar refractivity (Wildman–Crippen MR) is 46.7 cm³/mol. The fraction of sp³-hybridized carbons (Fsp3) is 0.143. The van der Waals surface area contributed by atoms with E-state index in [1.807, 2.05) is 0 Å². The molecule has 3 nitrogen and oxygen atoms in total. The van der Waals surface area contributed by atoms with Crippen molar-refractivity contribution >= 4 is 21.6 Å². The number of sulfonamides is 1. The van der Waals surface area contributed by atoms with E-state index in [0.717, 1.165) is 0 Å². The summed E-state index contributed by atoms with van der Waals surface area (Å²) in [5, 5.41) is 6.04. The minimum atomic E-state index is -4.59. The van der Waals surface area contributed by atoms with Crippen molar-refractivity contribution in [3.8, 4) is 0 Å². The largest absolute Gasteiger partial charge is 0.416 e. The molecule has 0 heterocycles. The quantitative estimate of drug-likeness (QED) is 0.776. The van der Waals surface area contributed by atoms with Crippen LogP contribution >= 0.6 is 11.6 Å². The van der Waals surface area contributed by atoms with Crippen LogP contribution in [0.25, 0.3) is 0 Å². The van der Waals surface area contributed by atoms with Crippen molar-refractivity contribution in [1.29, 1.82) is 0 Å². The minimum Gasteiger partial charge on any atom is -0.206 e. The zero-order valence-corrected chi connectivity index (χ0v) is 8.54. The van der Waals surface area contributed by atoms with Crippen LogP contribution in [0.3, 0.4) is 0 Å². The van der Waals surface area contributed by atoms with E-state index in [0.29, 0.717) is 18.2 Å². The Bertz CT molecular complexity index is 483. The number of hydrogen-bond donors (Lipinski definition) is 0. The summed E-state index contributed by atoms with van der Waals surface area (Å²) in [7, 11) is -4.35. The monoisotopic (exact) mass is 258 g/mol. The molecule has 0 saturated heterocycles. The average Bonchev–Trinajstić information content (AvgIpc) is 1.99. The Morgan fingerprint density at radius 2 is 1.80 bits per heavy atom. The number of hydrogen-bond acceptors (Lipinski definition) is 2. The third-order valence-corrected chi connectivity index (χ3v) is 2.91. The summed E-state index contributed by atoms with van der Waals surface area (Å²) >= 11 is 5.32. The second-order valence-electron chi connectivity index (χ2n) is 2.65. The Morgan fingerprint density at radius 3 is 2.13 bits per heavy atom. The van der Waals surface area contributed by atoms with Crippen LogP contribution < -0.4 is 5.14 Å². The Hall–Kier alpha value is -0.790. The lowest BCUT2D eigenvalue weighted by Gasteiger charge is -2.08. The van der Waals surface area contributed by atoms with Gasteiger partial charge in [0.05, 0.1) is 10.6 Å². The standard InChI is InChI=1S/C7H4ClF3NO2S/c8-5-3-4(7(9,10)11)1-2-6(5)15(12,13)14/h1-3,12H. The summed E-state index contributed by atoms with van der Waals surface area (Å²) in [5.41, 5.74) is -1.06. The van der Waals surface area contributed by atoms with Crippen LogP contribution in [-0.2, 0) is 16.2 Å². The van der Waals surface area contributed by atoms with Crippen LogP contribution in [0.4, 0.5) is 13.2 Å². The highest BCUT2D eigenvalue weighted by atomic mass is 35.5. The van der Waals surface area contributed by atoms with Crippen molar-refractivity contribution in [2.75, 3.05) is 0 Å². The molecule has 0 fully saturated rings. The van der Waals surface area contributed by atoms with Gasteiger partial charge in [0, 0.05) is 0 Å². The molecule has 1 radical (unpaired) electrons. The molecule has 1 aromatic carbocycles. The third-order valence-electron chi connectivity index (χ3n) is 1.55. The number of nitrogens with one attached hydrogen (secondary N) is 1. The molecule has 0 aromatic heterocycles. The molecule has 0 aliphatic rings. The Labute approximate surface area is 88.7 Å². The van der Waals surface area contributed by atoms with Gasteiger partial charge < -0.3 is 0 Å². The maximum Gasteiger partial charge on any atom is 0.416 e. The highest BCUT2D eigenvalue weighted by molar-refractivity contribution is 7.89. The van der Waals surface area contributed by atoms with Gasteiger partial charge in [-0.3, -0.25) is 0 Å². The van der Waals surface area contributed by atoms with Crippen LogP contribution in [0.2, 0.25) is 5.02 Å². The summed E-state index contributed by atoms with van der Waals surface area (Å²) in [6.07, 6.45) is -4.59. The molecule has 0 aliphatic carbocycles. The van der Waals surface area contributed by atoms with Crippen molar-refractivity contribution in [1.82, 2.24) is 5.14 Å². The molecule has 0 amide bonds. The molecule has 0 bridgehead atoms. The fourth-order valence-corrected chi connectivity index (χ4v) is 1.94. The lowest BCUT2D eigenvalue weighted by molar-refractivity contribution is -0.137. The fourth-order valence-electron chi connectivity index (χ4n) is 0.895. The lowest BCUT2D eigenvalue weighted by atomic mass is 10.2. The molecular formula is C7H4ClF3NO2S. The van der Waals surface area contributed by atoms with Gasteiger partial charge in [0.25, 0.3) is 10.0 Å². The summed E-state index contributed by atoms with van der Waals surface area (Å²) in [4.78, 5) is -0.642. The first kappa shape index (κ1) is 12.3. The number of benzene rings is 1. The first-order chi connectivity index (χ1) is 6.62. The van der Waals surface area contributed by atoms with E-state index in [2.05, 4.69) is 0 Å². The third kappa shape index (κ3) is 2.83. The van der Waals surface area contributed by atoms with E-state index < -0.39 is 31.7 Å². The van der Waals surface area contributed by atoms with Gasteiger partial charge in [-0.05, 0) is 18.2 Å². The van der Waals surface area contributed by atoms with Gasteiger partial charge in [-0.1, -0.05) is 11.6 Å². The van der Waals surface area contributed by atoms with Crippen LogP contribution in [0.1, 0.15) is 5.56 Å². The SMILES string of the molecule is [NH]S(=O)(=O)c1ccc(C(F)(F)F)cc1Cl. The molecule has 8 heteroatoms. The molecule has 1 aromatic rings. The summed E-state index contributed by atoms with van der Waals surface area (Å²) < 4.78 is 57.9. The molecular weight excluding hydrogens is 255 g/mol. The van der Waals surface area contributed by atoms with Gasteiger partial charge in [0.1, 0.15) is 4.90 Å². The van der Waals surface area contributed by atoms with Gasteiger partial charge in [-0.25, -0.2) is 8.42 Å². The van der Waals surface area contributed by atoms with Gasteiger partial charge in [0.15, 0.2) is 0 Å².